The van der Waals surface area contributed by atoms with Gasteiger partial charge in [0, 0.05) is 19.1 Å². The van der Waals surface area contributed by atoms with E-state index in [0.717, 1.165) is 38.9 Å². The third-order valence-electron chi connectivity index (χ3n) is 3.78. The normalized spacial score (nSPS) is 21.2. The molecule has 0 saturated carbocycles. The summed E-state index contributed by atoms with van der Waals surface area (Å²) >= 11 is 0. The lowest BCUT2D eigenvalue weighted by molar-refractivity contribution is -0.141. The van der Waals surface area contributed by atoms with E-state index in [-0.39, 0.29) is 18.6 Å². The molecule has 0 aromatic heterocycles. The van der Waals surface area contributed by atoms with E-state index in [1.165, 1.54) is 0 Å². The predicted octanol–water partition coefficient (Wildman–Crippen LogP) is 1.27. The van der Waals surface area contributed by atoms with Crippen LogP contribution in [0.4, 0.5) is 4.79 Å². The average Bonchev–Trinajstić information content (AvgIpc) is 2.43. The van der Waals surface area contributed by atoms with Crippen molar-refractivity contribution in [1.82, 2.24) is 15.5 Å². The van der Waals surface area contributed by atoms with Crippen molar-refractivity contribution in [3.8, 4) is 0 Å². The first-order valence-corrected chi connectivity index (χ1v) is 7.56. The second-order valence-corrected chi connectivity index (χ2v) is 5.41. The SMILES string of the molecule is CCCC(CNC(=O)NC1CCCN(CC)C1)C(=O)O. The smallest absolute Gasteiger partial charge is 0.315 e. The van der Waals surface area contributed by atoms with Crippen LogP contribution >= 0.6 is 0 Å². The van der Waals surface area contributed by atoms with E-state index in [9.17, 15) is 9.59 Å². The Balaban J connectivity index is 2.30. The van der Waals surface area contributed by atoms with Gasteiger partial charge in [-0.2, -0.15) is 0 Å². The van der Waals surface area contributed by atoms with Gasteiger partial charge in [0.05, 0.1) is 5.92 Å². The van der Waals surface area contributed by atoms with Gasteiger partial charge in [-0.15, -0.1) is 0 Å². The number of hydrogen-bond acceptors (Lipinski definition) is 3. The molecule has 1 aliphatic rings. The molecule has 6 nitrogen and oxygen atoms in total. The Morgan fingerprint density at radius 3 is 2.75 bits per heavy atom. The number of likely N-dealkylation sites (N-methyl/N-ethyl adjacent to an activating group) is 1. The van der Waals surface area contributed by atoms with Crippen LogP contribution in [0.3, 0.4) is 0 Å². The standard InChI is InChI=1S/C14H27N3O3/c1-3-6-11(13(18)19)9-15-14(20)16-12-7-5-8-17(4-2)10-12/h11-12H,3-10H2,1-2H3,(H,18,19)(H2,15,16,20). The number of amides is 2. The van der Waals surface area contributed by atoms with E-state index < -0.39 is 11.9 Å². The molecule has 0 aromatic rings. The maximum Gasteiger partial charge on any atom is 0.315 e. The van der Waals surface area contributed by atoms with Crippen LogP contribution in [0.5, 0.6) is 0 Å². The molecule has 1 rings (SSSR count). The zero-order chi connectivity index (χ0) is 15.0. The van der Waals surface area contributed by atoms with Crippen molar-refractivity contribution in [2.24, 2.45) is 5.92 Å². The van der Waals surface area contributed by atoms with Crippen LogP contribution < -0.4 is 10.6 Å². The number of nitrogens with zero attached hydrogens (tertiary/aromatic N) is 1. The van der Waals surface area contributed by atoms with E-state index >= 15 is 0 Å². The topological polar surface area (TPSA) is 81.7 Å². The molecule has 1 fully saturated rings. The van der Waals surface area contributed by atoms with E-state index in [0.29, 0.717) is 6.42 Å². The molecule has 1 heterocycles. The van der Waals surface area contributed by atoms with Crippen molar-refractivity contribution in [3.05, 3.63) is 0 Å². The summed E-state index contributed by atoms with van der Waals surface area (Å²) in [4.78, 5) is 25.1. The van der Waals surface area contributed by atoms with Crippen LogP contribution in [-0.4, -0.2) is 54.2 Å². The Labute approximate surface area is 120 Å². The summed E-state index contributed by atoms with van der Waals surface area (Å²) in [6.07, 6.45) is 3.46. The van der Waals surface area contributed by atoms with Gasteiger partial charge in [0.25, 0.3) is 0 Å². The number of carboxylic acids is 1. The summed E-state index contributed by atoms with van der Waals surface area (Å²) in [6.45, 7) is 7.22. The van der Waals surface area contributed by atoms with Crippen LogP contribution in [0.2, 0.25) is 0 Å². The van der Waals surface area contributed by atoms with Crippen molar-refractivity contribution in [2.75, 3.05) is 26.2 Å². The molecule has 2 unspecified atom stereocenters. The summed E-state index contributed by atoms with van der Waals surface area (Å²) in [5.74, 6) is -1.34. The second-order valence-electron chi connectivity index (χ2n) is 5.41. The van der Waals surface area contributed by atoms with Gasteiger partial charge in [-0.1, -0.05) is 20.3 Å². The quantitative estimate of drug-likeness (QED) is 0.658. The summed E-state index contributed by atoms with van der Waals surface area (Å²) in [5.41, 5.74) is 0. The molecule has 0 bridgehead atoms. The number of rotatable bonds is 7. The summed E-state index contributed by atoms with van der Waals surface area (Å²) in [7, 11) is 0. The van der Waals surface area contributed by atoms with E-state index in [1.807, 2.05) is 6.92 Å². The first kappa shape index (κ1) is 16.8. The van der Waals surface area contributed by atoms with Gasteiger partial charge < -0.3 is 20.6 Å². The Morgan fingerprint density at radius 2 is 2.15 bits per heavy atom. The Bertz CT molecular complexity index is 323. The fourth-order valence-corrected chi connectivity index (χ4v) is 2.57. The highest BCUT2D eigenvalue weighted by atomic mass is 16.4. The number of aliphatic carboxylic acids is 1. The maximum absolute atomic E-state index is 11.8. The minimum absolute atomic E-state index is 0.165. The number of carbonyl (C=O) groups excluding carboxylic acids is 1. The molecule has 20 heavy (non-hydrogen) atoms. The molecule has 0 aliphatic carbocycles. The van der Waals surface area contributed by atoms with Gasteiger partial charge >= 0.3 is 12.0 Å². The van der Waals surface area contributed by atoms with Gasteiger partial charge in [-0.3, -0.25) is 4.79 Å². The average molecular weight is 285 g/mol. The maximum atomic E-state index is 11.8. The molecule has 2 atom stereocenters. The third-order valence-corrected chi connectivity index (χ3v) is 3.78. The van der Waals surface area contributed by atoms with Crippen molar-refractivity contribution < 1.29 is 14.7 Å². The zero-order valence-electron chi connectivity index (χ0n) is 12.5. The number of carbonyl (C=O) groups is 2. The lowest BCUT2D eigenvalue weighted by atomic mass is 10.0. The summed E-state index contributed by atoms with van der Waals surface area (Å²) in [5, 5.41) is 14.6. The first-order valence-electron chi connectivity index (χ1n) is 7.56. The van der Waals surface area contributed by atoms with Crippen molar-refractivity contribution in [3.63, 3.8) is 0 Å². The third kappa shape index (κ3) is 5.77. The van der Waals surface area contributed by atoms with Crippen LogP contribution in [0, 0.1) is 5.92 Å². The van der Waals surface area contributed by atoms with Crippen molar-refractivity contribution in [1.29, 1.82) is 0 Å². The molecule has 6 heteroatoms. The Kier molecular flexibility index (Phi) is 7.36. The van der Waals surface area contributed by atoms with E-state index in [2.05, 4.69) is 22.5 Å². The molecule has 116 valence electrons. The number of piperidine rings is 1. The highest BCUT2D eigenvalue weighted by Crippen LogP contribution is 2.09. The van der Waals surface area contributed by atoms with Gasteiger partial charge in [-0.05, 0) is 32.4 Å². The Hall–Kier alpha value is -1.30. The number of likely N-dealkylation sites (tertiary alicyclic amines) is 1. The van der Waals surface area contributed by atoms with Gasteiger partial charge in [-0.25, -0.2) is 4.79 Å². The van der Waals surface area contributed by atoms with Crippen molar-refractivity contribution >= 4 is 12.0 Å². The van der Waals surface area contributed by atoms with E-state index in [4.69, 9.17) is 5.11 Å². The Morgan fingerprint density at radius 1 is 1.40 bits per heavy atom. The first-order chi connectivity index (χ1) is 9.56. The summed E-state index contributed by atoms with van der Waals surface area (Å²) in [6, 6.07) is -0.0894. The predicted molar refractivity (Wildman–Crippen MR) is 77.7 cm³/mol. The molecule has 0 spiro atoms. The fourth-order valence-electron chi connectivity index (χ4n) is 2.57. The minimum atomic E-state index is -0.845. The van der Waals surface area contributed by atoms with Gasteiger partial charge in [0.2, 0.25) is 0 Å². The summed E-state index contributed by atoms with van der Waals surface area (Å²) < 4.78 is 0. The zero-order valence-corrected chi connectivity index (χ0v) is 12.5. The molecule has 3 N–H and O–H groups in total. The lowest BCUT2D eigenvalue weighted by Crippen LogP contribution is -2.51. The van der Waals surface area contributed by atoms with Crippen molar-refractivity contribution in [2.45, 2.75) is 45.6 Å². The molecule has 1 aliphatic heterocycles. The fraction of sp³-hybridized carbons (Fsp3) is 0.857. The number of hydrogen-bond donors (Lipinski definition) is 3. The van der Waals surface area contributed by atoms with E-state index in [1.54, 1.807) is 0 Å². The monoisotopic (exact) mass is 285 g/mol. The molecule has 0 radical (unpaired) electrons. The van der Waals surface area contributed by atoms with Crippen LogP contribution in [-0.2, 0) is 4.79 Å². The largest absolute Gasteiger partial charge is 0.481 e. The molecule has 1 saturated heterocycles. The molecule has 2 amide bonds. The van der Waals surface area contributed by atoms with Crippen LogP contribution in [0.25, 0.3) is 0 Å². The van der Waals surface area contributed by atoms with Gasteiger partial charge in [0.15, 0.2) is 0 Å². The molecule has 0 aromatic carbocycles. The lowest BCUT2D eigenvalue weighted by Gasteiger charge is -2.32. The minimum Gasteiger partial charge on any atom is -0.481 e. The highest BCUT2D eigenvalue weighted by molar-refractivity contribution is 5.76. The highest BCUT2D eigenvalue weighted by Gasteiger charge is 2.21. The number of urea groups is 1. The molecular formula is C14H27N3O3. The van der Waals surface area contributed by atoms with Crippen LogP contribution in [0.15, 0.2) is 0 Å². The number of nitrogens with one attached hydrogen (secondary N) is 2. The second kappa shape index (κ2) is 8.79. The van der Waals surface area contributed by atoms with Gasteiger partial charge in [0.1, 0.15) is 0 Å². The van der Waals surface area contributed by atoms with Crippen LogP contribution in [0.1, 0.15) is 39.5 Å². The number of carboxylic acid groups (broad SMARTS) is 1. The molecular weight excluding hydrogens is 258 g/mol.